The summed E-state index contributed by atoms with van der Waals surface area (Å²) >= 11 is 17.6. The van der Waals surface area contributed by atoms with Crippen molar-refractivity contribution < 1.29 is 9.53 Å². The van der Waals surface area contributed by atoms with Gasteiger partial charge in [-0.1, -0.05) is 46.9 Å². The van der Waals surface area contributed by atoms with Crippen molar-refractivity contribution in [3.05, 3.63) is 69.2 Å². The molecule has 2 heterocycles. The number of halogens is 3. The van der Waals surface area contributed by atoms with E-state index in [0.29, 0.717) is 0 Å². The van der Waals surface area contributed by atoms with Gasteiger partial charge in [-0.25, -0.2) is 14.5 Å². The number of hydrogen-bond acceptors (Lipinski definition) is 5. The number of nitrogens with two attached hydrogens (primary N) is 1. The number of carbonyl (C=O) groups excluding carboxylic acids is 1. The SMILES string of the molecule is Nc1c(Cl)c(Cl)nc(C(=O)OCc2ccc(-n3cccn3)cc2)c1Cl. The number of hydrogen-bond donors (Lipinski definition) is 1. The van der Waals surface area contributed by atoms with E-state index in [2.05, 4.69) is 10.1 Å². The summed E-state index contributed by atoms with van der Waals surface area (Å²) in [5, 5.41) is 3.93. The molecule has 2 aromatic heterocycles. The fourth-order valence-electron chi connectivity index (χ4n) is 2.05. The topological polar surface area (TPSA) is 83.0 Å². The summed E-state index contributed by atoms with van der Waals surface area (Å²) in [6.45, 7) is 0.0381. The average Bonchev–Trinajstić information content (AvgIpc) is 3.16. The van der Waals surface area contributed by atoms with Crippen molar-refractivity contribution in [2.45, 2.75) is 6.61 Å². The Labute approximate surface area is 158 Å². The lowest BCUT2D eigenvalue weighted by Gasteiger charge is -2.09. The van der Waals surface area contributed by atoms with Crippen LogP contribution in [0.4, 0.5) is 5.69 Å². The summed E-state index contributed by atoms with van der Waals surface area (Å²) in [7, 11) is 0. The third kappa shape index (κ3) is 3.71. The predicted octanol–water partition coefficient (Wildman–Crippen LogP) is 4.17. The van der Waals surface area contributed by atoms with Crippen LogP contribution in [0.25, 0.3) is 5.69 Å². The van der Waals surface area contributed by atoms with Gasteiger partial charge in [0.15, 0.2) is 10.8 Å². The molecule has 128 valence electrons. The van der Waals surface area contributed by atoms with Gasteiger partial charge in [0.05, 0.1) is 16.4 Å². The van der Waals surface area contributed by atoms with E-state index in [1.54, 1.807) is 10.9 Å². The lowest BCUT2D eigenvalue weighted by atomic mass is 10.2. The van der Waals surface area contributed by atoms with Gasteiger partial charge in [-0.3, -0.25) is 0 Å². The van der Waals surface area contributed by atoms with Gasteiger partial charge in [-0.2, -0.15) is 5.10 Å². The first-order valence-corrected chi connectivity index (χ1v) is 8.17. The molecule has 1 aromatic carbocycles. The maximum absolute atomic E-state index is 12.2. The van der Waals surface area contributed by atoms with Crippen molar-refractivity contribution in [3.8, 4) is 5.69 Å². The summed E-state index contributed by atoms with van der Waals surface area (Å²) in [6, 6.07) is 9.19. The second kappa shape index (κ2) is 7.31. The van der Waals surface area contributed by atoms with Crippen molar-refractivity contribution >= 4 is 46.5 Å². The minimum absolute atomic E-state index is 0.00238. The number of nitrogen functional groups attached to an aromatic ring is 1. The minimum Gasteiger partial charge on any atom is -0.456 e. The molecule has 0 unspecified atom stereocenters. The Bertz CT molecular complexity index is 912. The smallest absolute Gasteiger partial charge is 0.358 e. The molecule has 0 aliphatic rings. The van der Waals surface area contributed by atoms with E-state index in [0.717, 1.165) is 11.3 Å². The molecule has 0 saturated heterocycles. The standard InChI is InChI=1S/C16H11Cl3N4O2/c17-11-13(20)12(18)15(19)22-14(11)16(24)25-8-9-2-4-10(5-3-9)23-7-1-6-21-23/h1-7H,8H2,(H2,20,22). The zero-order valence-electron chi connectivity index (χ0n) is 12.6. The van der Waals surface area contributed by atoms with Gasteiger partial charge in [0.1, 0.15) is 11.6 Å². The van der Waals surface area contributed by atoms with Gasteiger partial charge in [0.25, 0.3) is 0 Å². The number of anilines is 1. The normalized spacial score (nSPS) is 10.7. The molecule has 6 nitrogen and oxygen atoms in total. The van der Waals surface area contributed by atoms with E-state index in [4.69, 9.17) is 45.3 Å². The third-order valence-electron chi connectivity index (χ3n) is 3.34. The molecule has 3 rings (SSSR count). The highest BCUT2D eigenvalue weighted by atomic mass is 35.5. The maximum atomic E-state index is 12.2. The Morgan fingerprint density at radius 3 is 2.52 bits per heavy atom. The Balaban J connectivity index is 1.71. The van der Waals surface area contributed by atoms with Crippen LogP contribution in [0, 0.1) is 0 Å². The van der Waals surface area contributed by atoms with Crippen LogP contribution in [0.2, 0.25) is 15.2 Å². The number of pyridine rings is 1. The van der Waals surface area contributed by atoms with Crippen LogP contribution in [0.3, 0.4) is 0 Å². The second-order valence-electron chi connectivity index (χ2n) is 4.99. The summed E-state index contributed by atoms with van der Waals surface area (Å²) < 4.78 is 6.93. The summed E-state index contributed by atoms with van der Waals surface area (Å²) in [4.78, 5) is 16.0. The number of esters is 1. The summed E-state index contributed by atoms with van der Waals surface area (Å²) in [5.41, 5.74) is 7.17. The zero-order chi connectivity index (χ0) is 18.0. The molecular formula is C16H11Cl3N4O2. The van der Waals surface area contributed by atoms with E-state index in [1.165, 1.54) is 0 Å². The van der Waals surface area contributed by atoms with E-state index in [9.17, 15) is 4.79 Å². The molecule has 0 saturated carbocycles. The highest BCUT2D eigenvalue weighted by Gasteiger charge is 2.21. The van der Waals surface area contributed by atoms with Crippen LogP contribution in [-0.2, 0) is 11.3 Å². The fraction of sp³-hybridized carbons (Fsp3) is 0.0625. The van der Waals surface area contributed by atoms with Crippen molar-refractivity contribution in [2.24, 2.45) is 0 Å². The monoisotopic (exact) mass is 396 g/mol. The molecule has 0 atom stereocenters. The minimum atomic E-state index is -0.744. The largest absolute Gasteiger partial charge is 0.456 e. The third-order valence-corrected chi connectivity index (χ3v) is 4.48. The Morgan fingerprint density at radius 1 is 1.16 bits per heavy atom. The quantitative estimate of drug-likeness (QED) is 0.528. The summed E-state index contributed by atoms with van der Waals surface area (Å²) in [6.07, 6.45) is 3.52. The predicted molar refractivity (Wildman–Crippen MR) is 96.4 cm³/mol. The van der Waals surface area contributed by atoms with E-state index >= 15 is 0 Å². The van der Waals surface area contributed by atoms with Crippen molar-refractivity contribution in [3.63, 3.8) is 0 Å². The van der Waals surface area contributed by atoms with Gasteiger partial charge >= 0.3 is 5.97 Å². The van der Waals surface area contributed by atoms with Crippen LogP contribution in [-0.4, -0.2) is 20.7 Å². The molecule has 0 radical (unpaired) electrons. The molecular weight excluding hydrogens is 387 g/mol. The van der Waals surface area contributed by atoms with Gasteiger partial charge in [-0.05, 0) is 23.8 Å². The molecule has 0 fully saturated rings. The number of ether oxygens (including phenoxy) is 1. The van der Waals surface area contributed by atoms with E-state index in [-0.39, 0.29) is 33.2 Å². The van der Waals surface area contributed by atoms with Crippen molar-refractivity contribution in [1.29, 1.82) is 0 Å². The number of aromatic nitrogens is 3. The maximum Gasteiger partial charge on any atom is 0.358 e. The average molecular weight is 398 g/mol. The van der Waals surface area contributed by atoms with Gasteiger partial charge in [-0.15, -0.1) is 0 Å². The Kier molecular flexibility index (Phi) is 5.13. The molecule has 25 heavy (non-hydrogen) atoms. The molecule has 0 aliphatic carbocycles. The zero-order valence-corrected chi connectivity index (χ0v) is 14.9. The molecule has 9 heteroatoms. The fourth-order valence-corrected chi connectivity index (χ4v) is 2.64. The highest BCUT2D eigenvalue weighted by Crippen LogP contribution is 2.34. The van der Waals surface area contributed by atoms with Crippen LogP contribution >= 0.6 is 34.8 Å². The first-order valence-electron chi connectivity index (χ1n) is 7.03. The second-order valence-corrected chi connectivity index (χ2v) is 6.10. The van der Waals surface area contributed by atoms with E-state index in [1.807, 2.05) is 36.5 Å². The molecule has 0 aliphatic heterocycles. The first kappa shape index (κ1) is 17.5. The van der Waals surface area contributed by atoms with E-state index < -0.39 is 5.97 Å². The van der Waals surface area contributed by atoms with Crippen LogP contribution < -0.4 is 5.73 Å². The molecule has 2 N–H and O–H groups in total. The lowest BCUT2D eigenvalue weighted by molar-refractivity contribution is 0.0466. The van der Waals surface area contributed by atoms with Gasteiger partial charge in [0, 0.05) is 12.4 Å². The first-order chi connectivity index (χ1) is 12.0. The molecule has 0 amide bonds. The van der Waals surface area contributed by atoms with Crippen LogP contribution in [0.5, 0.6) is 0 Å². The number of benzene rings is 1. The molecule has 0 spiro atoms. The van der Waals surface area contributed by atoms with Crippen molar-refractivity contribution in [2.75, 3.05) is 5.73 Å². The van der Waals surface area contributed by atoms with Gasteiger partial charge < -0.3 is 10.5 Å². The molecule has 0 bridgehead atoms. The number of rotatable bonds is 4. The van der Waals surface area contributed by atoms with Crippen LogP contribution in [0.15, 0.2) is 42.7 Å². The van der Waals surface area contributed by atoms with Crippen LogP contribution in [0.1, 0.15) is 16.1 Å². The number of carbonyl (C=O) groups is 1. The van der Waals surface area contributed by atoms with Crippen molar-refractivity contribution in [1.82, 2.24) is 14.8 Å². The molecule has 3 aromatic rings. The Morgan fingerprint density at radius 2 is 1.88 bits per heavy atom. The Hall–Kier alpha value is -2.28. The lowest BCUT2D eigenvalue weighted by Crippen LogP contribution is -2.10. The summed E-state index contributed by atoms with van der Waals surface area (Å²) in [5.74, 6) is -0.744. The highest BCUT2D eigenvalue weighted by molar-refractivity contribution is 6.46. The van der Waals surface area contributed by atoms with Gasteiger partial charge in [0.2, 0.25) is 0 Å². The number of nitrogens with zero attached hydrogens (tertiary/aromatic N) is 3.